The molecule has 1 aromatic heterocycles. The molecule has 0 spiro atoms. The summed E-state index contributed by atoms with van der Waals surface area (Å²) in [5.41, 5.74) is 1.46. The quantitative estimate of drug-likeness (QED) is 0.907. The first-order valence-corrected chi connectivity index (χ1v) is 7.28. The van der Waals surface area contributed by atoms with E-state index in [-0.39, 0.29) is 11.8 Å². The van der Waals surface area contributed by atoms with Crippen LogP contribution >= 0.6 is 0 Å². The third kappa shape index (κ3) is 2.86. The molecule has 1 aliphatic carbocycles. The highest BCUT2D eigenvalue weighted by Crippen LogP contribution is 2.32. The summed E-state index contributed by atoms with van der Waals surface area (Å²) in [6, 6.07) is 9.23. The summed E-state index contributed by atoms with van der Waals surface area (Å²) in [5.74, 6) is -1.58. The molecule has 2 N–H and O–H groups in total. The van der Waals surface area contributed by atoms with Gasteiger partial charge in [-0.2, -0.15) is 5.10 Å². The lowest BCUT2D eigenvalue weighted by Crippen LogP contribution is -2.22. The van der Waals surface area contributed by atoms with Crippen molar-refractivity contribution in [3.8, 4) is 5.69 Å². The van der Waals surface area contributed by atoms with Gasteiger partial charge in [-0.05, 0) is 37.5 Å². The first-order valence-electron chi connectivity index (χ1n) is 7.28. The lowest BCUT2D eigenvalue weighted by Gasteiger charge is -2.14. The highest BCUT2D eigenvalue weighted by atomic mass is 16.4. The van der Waals surface area contributed by atoms with E-state index in [1.54, 1.807) is 17.1 Å². The summed E-state index contributed by atoms with van der Waals surface area (Å²) in [5, 5.41) is 16.1. The van der Waals surface area contributed by atoms with Gasteiger partial charge < -0.3 is 10.4 Å². The smallest absolute Gasteiger partial charge is 0.306 e. The summed E-state index contributed by atoms with van der Waals surface area (Å²) >= 11 is 0. The standard InChI is InChI=1S/C16H17N3O3/c20-15(11-6-7-12(10-11)16(21)22)18-13-4-1-2-5-14(13)19-9-3-8-17-19/h1-5,8-9,11-12H,6-7,10H2,(H,18,20)(H,21,22)/t11-,12+/m0/s1. The Labute approximate surface area is 127 Å². The number of nitrogens with one attached hydrogen (secondary N) is 1. The zero-order valence-electron chi connectivity index (χ0n) is 12.0. The van der Waals surface area contributed by atoms with E-state index >= 15 is 0 Å². The van der Waals surface area contributed by atoms with E-state index in [0.717, 1.165) is 5.69 Å². The van der Waals surface area contributed by atoms with Crippen LogP contribution in [0.25, 0.3) is 5.69 Å². The zero-order valence-corrected chi connectivity index (χ0v) is 12.0. The number of carbonyl (C=O) groups excluding carboxylic acids is 1. The van der Waals surface area contributed by atoms with Gasteiger partial charge >= 0.3 is 5.97 Å². The average molecular weight is 299 g/mol. The summed E-state index contributed by atoms with van der Waals surface area (Å²) < 4.78 is 1.68. The van der Waals surface area contributed by atoms with Crippen molar-refractivity contribution >= 4 is 17.6 Å². The number of hydrogen-bond acceptors (Lipinski definition) is 3. The summed E-state index contributed by atoms with van der Waals surface area (Å²) in [7, 11) is 0. The monoisotopic (exact) mass is 299 g/mol. The molecule has 22 heavy (non-hydrogen) atoms. The third-order valence-electron chi connectivity index (χ3n) is 4.07. The van der Waals surface area contributed by atoms with Crippen LogP contribution in [-0.4, -0.2) is 26.8 Å². The van der Waals surface area contributed by atoms with Crippen molar-refractivity contribution in [2.75, 3.05) is 5.32 Å². The molecule has 0 saturated heterocycles. The van der Waals surface area contributed by atoms with Gasteiger partial charge in [-0.1, -0.05) is 12.1 Å². The van der Waals surface area contributed by atoms with Gasteiger partial charge in [0.1, 0.15) is 0 Å². The van der Waals surface area contributed by atoms with Crippen molar-refractivity contribution in [3.05, 3.63) is 42.7 Å². The fourth-order valence-corrected chi connectivity index (χ4v) is 2.87. The number of aromatic nitrogens is 2. The number of aliphatic carboxylic acids is 1. The Morgan fingerprint density at radius 1 is 1.18 bits per heavy atom. The Balaban J connectivity index is 1.74. The second kappa shape index (κ2) is 6.01. The molecule has 1 aromatic carbocycles. The van der Waals surface area contributed by atoms with Gasteiger partial charge in [0.15, 0.2) is 0 Å². The molecule has 0 aliphatic heterocycles. The maximum atomic E-state index is 12.4. The number of carboxylic acids is 1. The third-order valence-corrected chi connectivity index (χ3v) is 4.07. The molecular formula is C16H17N3O3. The minimum atomic E-state index is -0.813. The number of nitrogens with zero attached hydrogens (tertiary/aromatic N) is 2. The molecule has 6 nitrogen and oxygen atoms in total. The van der Waals surface area contributed by atoms with Crippen LogP contribution in [0.1, 0.15) is 19.3 Å². The number of carboxylic acid groups (broad SMARTS) is 1. The lowest BCUT2D eigenvalue weighted by molar-refractivity contribution is -0.141. The summed E-state index contributed by atoms with van der Waals surface area (Å²) in [6.07, 6.45) is 5.07. The molecule has 6 heteroatoms. The van der Waals surface area contributed by atoms with Crippen LogP contribution in [0.2, 0.25) is 0 Å². The predicted octanol–water partition coefficient (Wildman–Crippen LogP) is 2.31. The van der Waals surface area contributed by atoms with Crippen molar-refractivity contribution in [2.24, 2.45) is 11.8 Å². The number of rotatable bonds is 4. The van der Waals surface area contributed by atoms with E-state index in [1.165, 1.54) is 0 Å². The topological polar surface area (TPSA) is 84.2 Å². The van der Waals surface area contributed by atoms with Crippen LogP contribution in [-0.2, 0) is 9.59 Å². The number of para-hydroxylation sites is 2. The summed E-state index contributed by atoms with van der Waals surface area (Å²) in [6.45, 7) is 0. The second-order valence-electron chi connectivity index (χ2n) is 5.50. The molecule has 1 fully saturated rings. The average Bonchev–Trinajstić information content (AvgIpc) is 3.19. The van der Waals surface area contributed by atoms with E-state index in [4.69, 9.17) is 5.11 Å². The van der Waals surface area contributed by atoms with Crippen molar-refractivity contribution in [1.29, 1.82) is 0 Å². The van der Waals surface area contributed by atoms with Crippen LogP contribution in [0.15, 0.2) is 42.7 Å². The van der Waals surface area contributed by atoms with Gasteiger partial charge in [0, 0.05) is 18.3 Å². The van der Waals surface area contributed by atoms with Crippen molar-refractivity contribution < 1.29 is 14.7 Å². The number of carbonyl (C=O) groups is 2. The number of amides is 1. The van der Waals surface area contributed by atoms with Gasteiger partial charge in [-0.3, -0.25) is 9.59 Å². The molecule has 1 heterocycles. The largest absolute Gasteiger partial charge is 0.481 e. The van der Waals surface area contributed by atoms with E-state index in [2.05, 4.69) is 10.4 Å². The maximum Gasteiger partial charge on any atom is 0.306 e. The molecule has 0 bridgehead atoms. The minimum absolute atomic E-state index is 0.122. The van der Waals surface area contributed by atoms with E-state index in [0.29, 0.717) is 24.9 Å². The highest BCUT2D eigenvalue weighted by Gasteiger charge is 2.34. The molecular weight excluding hydrogens is 282 g/mol. The van der Waals surface area contributed by atoms with Crippen molar-refractivity contribution in [2.45, 2.75) is 19.3 Å². The molecule has 1 saturated carbocycles. The van der Waals surface area contributed by atoms with Crippen molar-refractivity contribution in [1.82, 2.24) is 9.78 Å². The van der Waals surface area contributed by atoms with Gasteiger partial charge in [0.2, 0.25) is 5.91 Å². The first kappa shape index (κ1) is 14.3. The Morgan fingerprint density at radius 3 is 2.64 bits per heavy atom. The van der Waals surface area contributed by atoms with E-state index in [9.17, 15) is 9.59 Å². The molecule has 0 radical (unpaired) electrons. The Morgan fingerprint density at radius 2 is 1.95 bits per heavy atom. The maximum absolute atomic E-state index is 12.4. The lowest BCUT2D eigenvalue weighted by atomic mass is 10.0. The van der Waals surface area contributed by atoms with Crippen molar-refractivity contribution in [3.63, 3.8) is 0 Å². The fourth-order valence-electron chi connectivity index (χ4n) is 2.87. The SMILES string of the molecule is O=C(O)[C@@H]1CC[C@H](C(=O)Nc2ccccc2-n2cccn2)C1. The normalized spacial score (nSPS) is 20.7. The fraction of sp³-hybridized carbons (Fsp3) is 0.312. The van der Waals surface area contributed by atoms with Crippen LogP contribution < -0.4 is 5.32 Å². The highest BCUT2D eigenvalue weighted by molar-refractivity contribution is 5.95. The van der Waals surface area contributed by atoms with Gasteiger partial charge in [-0.25, -0.2) is 4.68 Å². The molecule has 0 unspecified atom stereocenters. The van der Waals surface area contributed by atoms with Crippen LogP contribution in [0.5, 0.6) is 0 Å². The number of benzene rings is 1. The predicted molar refractivity (Wildman–Crippen MR) is 80.7 cm³/mol. The Bertz CT molecular complexity index is 682. The first-order chi connectivity index (χ1) is 10.6. The molecule has 3 rings (SSSR count). The molecule has 1 amide bonds. The van der Waals surface area contributed by atoms with E-state index < -0.39 is 11.9 Å². The van der Waals surface area contributed by atoms with Gasteiger partial charge in [0.05, 0.1) is 17.3 Å². The van der Waals surface area contributed by atoms with Crippen LogP contribution in [0, 0.1) is 11.8 Å². The zero-order chi connectivity index (χ0) is 15.5. The number of anilines is 1. The van der Waals surface area contributed by atoms with Crippen LogP contribution in [0.4, 0.5) is 5.69 Å². The molecule has 2 atom stereocenters. The Kier molecular flexibility index (Phi) is 3.91. The van der Waals surface area contributed by atoms with Gasteiger partial charge in [0.25, 0.3) is 0 Å². The van der Waals surface area contributed by atoms with Crippen LogP contribution in [0.3, 0.4) is 0 Å². The summed E-state index contributed by atoms with van der Waals surface area (Å²) in [4.78, 5) is 23.4. The second-order valence-corrected chi connectivity index (χ2v) is 5.50. The Hall–Kier alpha value is -2.63. The number of hydrogen-bond donors (Lipinski definition) is 2. The molecule has 2 aromatic rings. The molecule has 1 aliphatic rings. The van der Waals surface area contributed by atoms with Gasteiger partial charge in [-0.15, -0.1) is 0 Å². The molecule has 114 valence electrons. The van der Waals surface area contributed by atoms with E-state index in [1.807, 2.05) is 30.3 Å². The minimum Gasteiger partial charge on any atom is -0.481 e.